The highest BCUT2D eigenvalue weighted by atomic mass is 32.1. The molecule has 0 spiro atoms. The minimum atomic E-state index is -4.41. The van der Waals surface area contributed by atoms with Crippen LogP contribution in [0.15, 0.2) is 29.6 Å². The summed E-state index contributed by atoms with van der Waals surface area (Å²) >= 11 is 1.37. The second-order valence-electron chi connectivity index (χ2n) is 4.60. The monoisotopic (exact) mass is 354 g/mol. The van der Waals surface area contributed by atoms with Crippen LogP contribution in [0.1, 0.15) is 21.1 Å². The second kappa shape index (κ2) is 7.84. The predicted octanol–water partition coefficient (Wildman–Crippen LogP) is 3.28. The van der Waals surface area contributed by atoms with Gasteiger partial charge in [0, 0.05) is 5.38 Å². The van der Waals surface area contributed by atoms with Crippen molar-refractivity contribution in [2.75, 3.05) is 13.2 Å². The maximum atomic E-state index is 12.5. The summed E-state index contributed by atoms with van der Waals surface area (Å²) in [5, 5.41) is 5.01. The summed E-state index contributed by atoms with van der Waals surface area (Å²) in [6.07, 6.45) is -4.41. The zero-order valence-electron chi connectivity index (χ0n) is 12.6. The molecular weight excluding hydrogens is 341 g/mol. The van der Waals surface area contributed by atoms with Gasteiger partial charge in [-0.2, -0.15) is 13.2 Å². The molecule has 0 saturated carbocycles. The Morgan fingerprint density at radius 3 is 2.83 bits per heavy atom. The van der Waals surface area contributed by atoms with Gasteiger partial charge in [-0.1, -0.05) is 17.9 Å². The van der Waals surface area contributed by atoms with Crippen LogP contribution in [-0.4, -0.2) is 24.0 Å². The molecule has 1 heterocycles. The van der Waals surface area contributed by atoms with Crippen LogP contribution >= 0.6 is 11.3 Å². The summed E-state index contributed by atoms with van der Waals surface area (Å²) in [6, 6.07) is 4.56. The summed E-state index contributed by atoms with van der Waals surface area (Å²) in [4.78, 5) is 15.7. The fourth-order valence-corrected chi connectivity index (χ4v) is 2.27. The van der Waals surface area contributed by atoms with Crippen molar-refractivity contribution >= 4 is 17.2 Å². The molecular formula is C16H13F3N2O2S. The van der Waals surface area contributed by atoms with E-state index in [1.807, 2.05) is 0 Å². The SMILES string of the molecule is Cc1nc(C(=O)NCC#CCOc2cccc(C(F)(F)F)c2)cs1. The average molecular weight is 354 g/mol. The zero-order valence-corrected chi connectivity index (χ0v) is 13.4. The molecule has 2 rings (SSSR count). The minimum absolute atomic E-state index is 0.0764. The number of amides is 1. The summed E-state index contributed by atoms with van der Waals surface area (Å²) in [7, 11) is 0. The number of hydrogen-bond donors (Lipinski definition) is 1. The van der Waals surface area contributed by atoms with Gasteiger partial charge in [-0.05, 0) is 25.1 Å². The smallest absolute Gasteiger partial charge is 0.416 e. The molecule has 0 aliphatic carbocycles. The number of halogens is 3. The Bertz CT molecular complexity index is 775. The molecule has 0 atom stereocenters. The fourth-order valence-electron chi connectivity index (χ4n) is 1.68. The first-order valence-corrected chi connectivity index (χ1v) is 7.70. The third kappa shape index (κ3) is 5.28. The van der Waals surface area contributed by atoms with Gasteiger partial charge in [0.25, 0.3) is 5.91 Å². The number of carbonyl (C=O) groups is 1. The Hall–Kier alpha value is -2.53. The maximum Gasteiger partial charge on any atom is 0.416 e. The van der Waals surface area contributed by atoms with Gasteiger partial charge in [0.15, 0.2) is 0 Å². The number of nitrogens with one attached hydrogen (secondary N) is 1. The molecule has 0 saturated heterocycles. The molecule has 8 heteroatoms. The van der Waals surface area contributed by atoms with Gasteiger partial charge in [0.1, 0.15) is 18.1 Å². The predicted molar refractivity (Wildman–Crippen MR) is 83.9 cm³/mol. The summed E-state index contributed by atoms with van der Waals surface area (Å²) in [5.41, 5.74) is -0.446. The van der Waals surface area contributed by atoms with Gasteiger partial charge in [0.2, 0.25) is 0 Å². The van der Waals surface area contributed by atoms with E-state index in [0.29, 0.717) is 5.69 Å². The van der Waals surface area contributed by atoms with Crippen LogP contribution in [0.4, 0.5) is 13.2 Å². The molecule has 1 aromatic heterocycles. The van der Waals surface area contributed by atoms with Crippen LogP contribution in [0.3, 0.4) is 0 Å². The molecule has 1 aromatic carbocycles. The van der Waals surface area contributed by atoms with Crippen molar-refractivity contribution in [2.45, 2.75) is 13.1 Å². The van der Waals surface area contributed by atoms with Crippen molar-refractivity contribution in [3.8, 4) is 17.6 Å². The van der Waals surface area contributed by atoms with Gasteiger partial charge in [-0.3, -0.25) is 4.79 Å². The average Bonchev–Trinajstić information content (AvgIpc) is 2.96. The summed E-state index contributed by atoms with van der Waals surface area (Å²) in [5.74, 6) is 5.03. The molecule has 1 amide bonds. The minimum Gasteiger partial charge on any atom is -0.481 e. The molecule has 4 nitrogen and oxygen atoms in total. The molecule has 0 aliphatic rings. The number of aromatic nitrogens is 1. The quantitative estimate of drug-likeness (QED) is 0.858. The molecule has 0 unspecified atom stereocenters. The van der Waals surface area contributed by atoms with E-state index < -0.39 is 11.7 Å². The number of thiazole rings is 1. The molecule has 0 bridgehead atoms. The number of ether oxygens (including phenoxy) is 1. The van der Waals surface area contributed by atoms with Crippen LogP contribution in [0, 0.1) is 18.8 Å². The van der Waals surface area contributed by atoms with Gasteiger partial charge in [0.05, 0.1) is 17.1 Å². The lowest BCUT2D eigenvalue weighted by Crippen LogP contribution is -2.23. The lowest BCUT2D eigenvalue weighted by atomic mass is 10.2. The molecule has 0 aliphatic heterocycles. The van der Waals surface area contributed by atoms with Crippen molar-refractivity contribution in [1.82, 2.24) is 10.3 Å². The first-order valence-electron chi connectivity index (χ1n) is 6.82. The Labute approximate surface area is 140 Å². The van der Waals surface area contributed by atoms with Crippen LogP contribution in [0.2, 0.25) is 0 Å². The third-order valence-corrected chi connectivity index (χ3v) is 3.56. The van der Waals surface area contributed by atoms with Crippen molar-refractivity contribution in [1.29, 1.82) is 0 Å². The largest absolute Gasteiger partial charge is 0.481 e. The normalized spacial score (nSPS) is 10.7. The maximum absolute atomic E-state index is 12.5. The number of carbonyl (C=O) groups excluding carboxylic acids is 1. The van der Waals surface area contributed by atoms with E-state index in [1.165, 1.54) is 23.5 Å². The molecule has 126 valence electrons. The van der Waals surface area contributed by atoms with Crippen molar-refractivity contribution in [2.24, 2.45) is 0 Å². The van der Waals surface area contributed by atoms with Gasteiger partial charge >= 0.3 is 6.18 Å². The molecule has 2 aromatic rings. The lowest BCUT2D eigenvalue weighted by Gasteiger charge is -2.08. The molecule has 0 fully saturated rings. The van der Waals surface area contributed by atoms with E-state index in [2.05, 4.69) is 22.1 Å². The van der Waals surface area contributed by atoms with Crippen LogP contribution in [0.25, 0.3) is 0 Å². The highest BCUT2D eigenvalue weighted by Gasteiger charge is 2.30. The summed E-state index contributed by atoms with van der Waals surface area (Å²) < 4.78 is 42.8. The fraction of sp³-hybridized carbons (Fsp3) is 0.250. The first-order chi connectivity index (χ1) is 11.4. The van der Waals surface area contributed by atoms with E-state index in [4.69, 9.17) is 4.74 Å². The highest BCUT2D eigenvalue weighted by molar-refractivity contribution is 7.09. The molecule has 24 heavy (non-hydrogen) atoms. The van der Waals surface area contributed by atoms with E-state index in [1.54, 1.807) is 12.3 Å². The second-order valence-corrected chi connectivity index (χ2v) is 5.66. The van der Waals surface area contributed by atoms with Crippen molar-refractivity contribution in [3.05, 3.63) is 45.9 Å². The standard InChI is InChI=1S/C16H13F3N2O2S/c1-11-21-14(10-24-11)15(22)20-7-2-3-8-23-13-6-4-5-12(9-13)16(17,18)19/h4-6,9-10H,7-8H2,1H3,(H,20,22). The number of hydrogen-bond acceptors (Lipinski definition) is 4. The number of benzene rings is 1. The van der Waals surface area contributed by atoms with Crippen LogP contribution in [0.5, 0.6) is 5.75 Å². The van der Waals surface area contributed by atoms with Crippen molar-refractivity contribution in [3.63, 3.8) is 0 Å². The van der Waals surface area contributed by atoms with E-state index in [-0.39, 0.29) is 24.8 Å². The Morgan fingerprint density at radius 1 is 1.38 bits per heavy atom. The Balaban J connectivity index is 1.77. The van der Waals surface area contributed by atoms with E-state index in [0.717, 1.165) is 17.1 Å². The summed E-state index contributed by atoms with van der Waals surface area (Å²) in [6.45, 7) is 1.82. The first kappa shape index (κ1) is 17.8. The van der Waals surface area contributed by atoms with E-state index in [9.17, 15) is 18.0 Å². The molecule has 1 N–H and O–H groups in total. The zero-order chi connectivity index (χ0) is 17.6. The highest BCUT2D eigenvalue weighted by Crippen LogP contribution is 2.31. The number of nitrogens with zero attached hydrogens (tertiary/aromatic N) is 1. The lowest BCUT2D eigenvalue weighted by molar-refractivity contribution is -0.137. The topological polar surface area (TPSA) is 51.2 Å². The Morgan fingerprint density at radius 2 is 2.17 bits per heavy atom. The van der Waals surface area contributed by atoms with E-state index >= 15 is 0 Å². The van der Waals surface area contributed by atoms with Crippen LogP contribution < -0.4 is 10.1 Å². The van der Waals surface area contributed by atoms with Gasteiger partial charge < -0.3 is 10.1 Å². The van der Waals surface area contributed by atoms with Gasteiger partial charge in [-0.25, -0.2) is 4.98 Å². The molecule has 0 radical (unpaired) electrons. The number of alkyl halides is 3. The van der Waals surface area contributed by atoms with Gasteiger partial charge in [-0.15, -0.1) is 11.3 Å². The third-order valence-electron chi connectivity index (χ3n) is 2.79. The van der Waals surface area contributed by atoms with Crippen molar-refractivity contribution < 1.29 is 22.7 Å². The number of aryl methyl sites for hydroxylation is 1. The Kier molecular flexibility index (Phi) is 5.82. The van der Waals surface area contributed by atoms with Crippen LogP contribution in [-0.2, 0) is 6.18 Å². The number of rotatable bonds is 4.